The minimum absolute atomic E-state index is 0.256. The second kappa shape index (κ2) is 4.77. The molecule has 1 heterocycles. The lowest BCUT2D eigenvalue weighted by Gasteiger charge is -2.20. The van der Waals surface area contributed by atoms with Gasteiger partial charge in [0.05, 0.1) is 0 Å². The Morgan fingerprint density at radius 1 is 1.18 bits per heavy atom. The van der Waals surface area contributed by atoms with E-state index in [1.165, 1.54) is 12.5 Å². The van der Waals surface area contributed by atoms with E-state index in [0.717, 1.165) is 5.56 Å². The summed E-state index contributed by atoms with van der Waals surface area (Å²) in [5.41, 5.74) is 0.866. The van der Waals surface area contributed by atoms with Crippen molar-refractivity contribution in [3.8, 4) is 0 Å². The highest BCUT2D eigenvalue weighted by Crippen LogP contribution is 2.19. The molecule has 1 aliphatic rings. The fourth-order valence-electron chi connectivity index (χ4n) is 1.64. The quantitative estimate of drug-likeness (QED) is 0.860. The molecule has 1 aromatic carbocycles. The molecule has 0 fully saturated rings. The van der Waals surface area contributed by atoms with Crippen molar-refractivity contribution in [2.75, 3.05) is 0 Å². The number of ether oxygens (including phenoxy) is 2. The highest BCUT2D eigenvalue weighted by atomic mass is 32.2. The third-order valence-electron chi connectivity index (χ3n) is 2.49. The van der Waals surface area contributed by atoms with Gasteiger partial charge in [0.25, 0.3) is 6.29 Å². The largest absolute Gasteiger partial charge is 0.458 e. The van der Waals surface area contributed by atoms with Crippen LogP contribution in [0, 0.1) is 0 Å². The van der Waals surface area contributed by atoms with Crippen molar-refractivity contribution >= 4 is 10.0 Å². The van der Waals surface area contributed by atoms with Crippen molar-refractivity contribution in [3.63, 3.8) is 0 Å². The molecule has 0 saturated carbocycles. The number of benzene rings is 1. The summed E-state index contributed by atoms with van der Waals surface area (Å²) in [6.07, 6.45) is 2.01. The van der Waals surface area contributed by atoms with E-state index in [2.05, 4.69) is 0 Å². The standard InChI is InChI=1S/C11H13NO4S/c12-17(13,14)10(11-15-6-7-16-11)8-9-4-2-1-3-5-9/h1-7,10-11H,8H2,(H2,12,13,14). The lowest BCUT2D eigenvalue weighted by molar-refractivity contribution is -0.0244. The molecule has 1 aliphatic heterocycles. The Kier molecular flexibility index (Phi) is 3.35. The first-order valence-corrected chi connectivity index (χ1v) is 6.70. The van der Waals surface area contributed by atoms with Crippen LogP contribution in [0.3, 0.4) is 0 Å². The van der Waals surface area contributed by atoms with Gasteiger partial charge in [-0.15, -0.1) is 0 Å². The van der Waals surface area contributed by atoms with E-state index in [9.17, 15) is 8.42 Å². The van der Waals surface area contributed by atoms with Gasteiger partial charge < -0.3 is 9.47 Å². The van der Waals surface area contributed by atoms with Crippen LogP contribution in [0.25, 0.3) is 0 Å². The first-order chi connectivity index (χ1) is 8.07. The Morgan fingerprint density at radius 2 is 1.76 bits per heavy atom. The molecule has 2 rings (SSSR count). The number of primary sulfonamides is 1. The molecule has 0 radical (unpaired) electrons. The molecule has 1 unspecified atom stereocenters. The van der Waals surface area contributed by atoms with Crippen LogP contribution < -0.4 is 5.14 Å². The molecule has 0 amide bonds. The first kappa shape index (κ1) is 11.9. The maximum atomic E-state index is 11.5. The SMILES string of the molecule is NS(=O)(=O)C(Cc1ccccc1)C1OC=CO1. The van der Waals surface area contributed by atoms with Crippen LogP contribution in [0.2, 0.25) is 0 Å². The maximum Gasteiger partial charge on any atom is 0.257 e. The Labute approximate surface area is 99.9 Å². The zero-order valence-corrected chi connectivity index (χ0v) is 9.84. The average Bonchev–Trinajstić information content (AvgIpc) is 2.79. The summed E-state index contributed by atoms with van der Waals surface area (Å²) < 4.78 is 33.1. The van der Waals surface area contributed by atoms with Gasteiger partial charge in [0.2, 0.25) is 10.0 Å². The molecule has 5 nitrogen and oxygen atoms in total. The maximum absolute atomic E-state index is 11.5. The van der Waals surface area contributed by atoms with Gasteiger partial charge in [-0.2, -0.15) is 0 Å². The molecule has 0 spiro atoms. The van der Waals surface area contributed by atoms with Crippen LogP contribution in [-0.4, -0.2) is 20.0 Å². The lowest BCUT2D eigenvalue weighted by Crippen LogP contribution is -2.40. The first-order valence-electron chi connectivity index (χ1n) is 5.09. The van der Waals surface area contributed by atoms with E-state index in [0.29, 0.717) is 0 Å². The molecule has 1 aromatic rings. The monoisotopic (exact) mass is 255 g/mol. The lowest BCUT2D eigenvalue weighted by atomic mass is 10.1. The number of hydrogen-bond donors (Lipinski definition) is 1. The van der Waals surface area contributed by atoms with Gasteiger partial charge in [0.15, 0.2) is 5.25 Å². The molecule has 92 valence electrons. The van der Waals surface area contributed by atoms with E-state index in [-0.39, 0.29) is 6.42 Å². The van der Waals surface area contributed by atoms with E-state index in [1.54, 1.807) is 0 Å². The third-order valence-corrected chi connectivity index (χ3v) is 3.72. The highest BCUT2D eigenvalue weighted by Gasteiger charge is 2.35. The molecule has 1 atom stereocenters. The van der Waals surface area contributed by atoms with Crippen molar-refractivity contribution in [2.45, 2.75) is 18.0 Å². The number of rotatable bonds is 4. The van der Waals surface area contributed by atoms with Crippen LogP contribution in [0.4, 0.5) is 0 Å². The van der Waals surface area contributed by atoms with E-state index in [4.69, 9.17) is 14.6 Å². The molecule has 17 heavy (non-hydrogen) atoms. The third kappa shape index (κ3) is 2.98. The number of hydrogen-bond acceptors (Lipinski definition) is 4. The molecule has 0 bridgehead atoms. The fraction of sp³-hybridized carbons (Fsp3) is 0.273. The van der Waals surface area contributed by atoms with Crippen LogP contribution in [0.5, 0.6) is 0 Å². The predicted octanol–water partition coefficient (Wildman–Crippen LogP) is 0.730. The average molecular weight is 255 g/mol. The summed E-state index contributed by atoms with van der Waals surface area (Å²) in [4.78, 5) is 0. The number of sulfonamides is 1. The Balaban J connectivity index is 2.17. The normalized spacial score (nSPS) is 17.5. The van der Waals surface area contributed by atoms with E-state index in [1.807, 2.05) is 30.3 Å². The Hall–Kier alpha value is -1.53. The van der Waals surface area contributed by atoms with Crippen molar-refractivity contribution in [3.05, 3.63) is 48.4 Å². The van der Waals surface area contributed by atoms with Crippen LogP contribution >= 0.6 is 0 Å². The highest BCUT2D eigenvalue weighted by molar-refractivity contribution is 7.89. The molecule has 0 aliphatic carbocycles. The molecular weight excluding hydrogens is 242 g/mol. The van der Waals surface area contributed by atoms with Gasteiger partial charge in [-0.1, -0.05) is 30.3 Å². The van der Waals surface area contributed by atoms with Crippen LogP contribution in [-0.2, 0) is 25.9 Å². The van der Waals surface area contributed by atoms with Gasteiger partial charge in [-0.3, -0.25) is 0 Å². The van der Waals surface area contributed by atoms with E-state index >= 15 is 0 Å². The zero-order valence-electron chi connectivity index (χ0n) is 9.02. The zero-order chi connectivity index (χ0) is 12.3. The molecule has 6 heteroatoms. The summed E-state index contributed by atoms with van der Waals surface area (Å²) in [5.74, 6) is 0. The smallest absolute Gasteiger partial charge is 0.257 e. The molecular formula is C11H13NO4S. The van der Waals surface area contributed by atoms with Gasteiger partial charge in [-0.25, -0.2) is 13.6 Å². The van der Waals surface area contributed by atoms with Gasteiger partial charge in [0.1, 0.15) is 12.5 Å². The topological polar surface area (TPSA) is 78.6 Å². The van der Waals surface area contributed by atoms with Crippen molar-refractivity contribution < 1.29 is 17.9 Å². The number of nitrogens with two attached hydrogens (primary N) is 1. The van der Waals surface area contributed by atoms with Gasteiger partial charge in [-0.05, 0) is 12.0 Å². The Morgan fingerprint density at radius 3 is 2.29 bits per heavy atom. The second-order valence-corrected chi connectivity index (χ2v) is 5.51. The van der Waals surface area contributed by atoms with Gasteiger partial charge in [0, 0.05) is 0 Å². The minimum Gasteiger partial charge on any atom is -0.458 e. The Bertz CT molecular complexity index is 489. The summed E-state index contributed by atoms with van der Waals surface area (Å²) in [6.45, 7) is 0. The van der Waals surface area contributed by atoms with E-state index < -0.39 is 21.6 Å². The summed E-state index contributed by atoms with van der Waals surface area (Å²) >= 11 is 0. The summed E-state index contributed by atoms with van der Waals surface area (Å²) in [5, 5.41) is 4.28. The minimum atomic E-state index is -3.74. The van der Waals surface area contributed by atoms with Crippen LogP contribution in [0.1, 0.15) is 5.56 Å². The second-order valence-electron chi connectivity index (χ2n) is 3.73. The van der Waals surface area contributed by atoms with Gasteiger partial charge >= 0.3 is 0 Å². The fourth-order valence-corrected chi connectivity index (χ4v) is 2.50. The van der Waals surface area contributed by atoms with Crippen molar-refractivity contribution in [2.24, 2.45) is 5.14 Å². The van der Waals surface area contributed by atoms with Crippen LogP contribution in [0.15, 0.2) is 42.9 Å². The molecule has 0 aromatic heterocycles. The molecule has 0 saturated heterocycles. The summed E-state index contributed by atoms with van der Waals surface area (Å²) in [7, 11) is -3.74. The molecule has 2 N–H and O–H groups in total. The van der Waals surface area contributed by atoms with Crippen molar-refractivity contribution in [1.29, 1.82) is 0 Å². The predicted molar refractivity (Wildman–Crippen MR) is 62.1 cm³/mol. The van der Waals surface area contributed by atoms with Crippen molar-refractivity contribution in [1.82, 2.24) is 0 Å². The summed E-state index contributed by atoms with van der Waals surface area (Å²) in [6, 6.07) is 9.20.